The zero-order valence-corrected chi connectivity index (χ0v) is 19.1. The van der Waals surface area contributed by atoms with Crippen molar-refractivity contribution in [3.8, 4) is 17.2 Å². The molecule has 1 amide bonds. The van der Waals surface area contributed by atoms with E-state index in [1.54, 1.807) is 6.07 Å². The third-order valence-electron chi connectivity index (χ3n) is 5.15. The summed E-state index contributed by atoms with van der Waals surface area (Å²) in [6, 6.07) is 7.89. The van der Waals surface area contributed by atoms with Crippen LogP contribution in [0.2, 0.25) is 0 Å². The third kappa shape index (κ3) is 5.25. The molecule has 1 aromatic heterocycles. The Hall–Kier alpha value is -4.01. The number of esters is 1. The van der Waals surface area contributed by atoms with Gasteiger partial charge in [-0.25, -0.2) is 4.79 Å². The van der Waals surface area contributed by atoms with Gasteiger partial charge in [-0.2, -0.15) is 0 Å². The first-order valence-electron chi connectivity index (χ1n) is 10.0. The highest BCUT2D eigenvalue weighted by Gasteiger charge is 2.18. The molecule has 1 heterocycles. The lowest BCUT2D eigenvalue weighted by atomic mass is 10.0. The Morgan fingerprint density at radius 1 is 0.909 bits per heavy atom. The van der Waals surface area contributed by atoms with E-state index in [4.69, 9.17) is 23.4 Å². The van der Waals surface area contributed by atoms with Gasteiger partial charge in [-0.05, 0) is 49.2 Å². The summed E-state index contributed by atoms with van der Waals surface area (Å²) in [6.07, 6.45) is 0. The van der Waals surface area contributed by atoms with Gasteiger partial charge in [-0.1, -0.05) is 0 Å². The SMILES string of the molecule is COc1cc(C(=O)NCC(=O)OCc2cc(=O)oc3cc(C)c(C)cc23)cc(OC)c1OC. The van der Waals surface area contributed by atoms with Gasteiger partial charge in [-0.15, -0.1) is 0 Å². The molecule has 3 rings (SSSR count). The Morgan fingerprint density at radius 2 is 1.55 bits per heavy atom. The lowest BCUT2D eigenvalue weighted by Gasteiger charge is -2.14. The van der Waals surface area contributed by atoms with Gasteiger partial charge in [0, 0.05) is 22.6 Å². The maximum absolute atomic E-state index is 12.5. The molecule has 9 nitrogen and oxygen atoms in total. The standard InChI is InChI=1S/C24H25NO8/c1-13-6-17-16(10-21(26)33-18(17)7-14(13)2)12-32-22(27)11-25-24(28)15-8-19(29-3)23(31-5)20(9-15)30-4/h6-10H,11-12H2,1-5H3,(H,25,28). The van der Waals surface area contributed by atoms with Crippen LogP contribution in [-0.2, 0) is 16.1 Å². The van der Waals surface area contributed by atoms with Crippen LogP contribution in [0.1, 0.15) is 27.0 Å². The number of fused-ring (bicyclic) bond motifs is 1. The molecule has 0 radical (unpaired) electrons. The molecule has 0 spiro atoms. The van der Waals surface area contributed by atoms with Gasteiger partial charge in [0.15, 0.2) is 11.5 Å². The minimum absolute atomic E-state index is 0.135. The number of amides is 1. The first kappa shape index (κ1) is 23.6. The summed E-state index contributed by atoms with van der Waals surface area (Å²) >= 11 is 0. The van der Waals surface area contributed by atoms with Crippen LogP contribution in [-0.4, -0.2) is 39.8 Å². The van der Waals surface area contributed by atoms with E-state index in [2.05, 4.69) is 5.32 Å². The smallest absolute Gasteiger partial charge is 0.336 e. The monoisotopic (exact) mass is 455 g/mol. The molecule has 0 fully saturated rings. The van der Waals surface area contributed by atoms with Crippen LogP contribution < -0.4 is 25.2 Å². The molecule has 2 aromatic carbocycles. The molecular formula is C24H25NO8. The number of ether oxygens (including phenoxy) is 4. The quantitative estimate of drug-likeness (QED) is 0.408. The summed E-state index contributed by atoms with van der Waals surface area (Å²) in [5.41, 5.74) is 2.62. The topological polar surface area (TPSA) is 113 Å². The van der Waals surface area contributed by atoms with E-state index >= 15 is 0 Å². The fourth-order valence-electron chi connectivity index (χ4n) is 3.28. The van der Waals surface area contributed by atoms with Gasteiger partial charge >= 0.3 is 11.6 Å². The number of methoxy groups -OCH3 is 3. The molecule has 0 aliphatic heterocycles. The second kappa shape index (κ2) is 10.1. The third-order valence-corrected chi connectivity index (χ3v) is 5.15. The Kier molecular flexibility index (Phi) is 7.22. The van der Waals surface area contributed by atoms with Gasteiger partial charge < -0.3 is 28.7 Å². The van der Waals surface area contributed by atoms with E-state index < -0.39 is 17.5 Å². The Labute approximate surface area is 190 Å². The van der Waals surface area contributed by atoms with Crippen molar-refractivity contribution >= 4 is 22.8 Å². The van der Waals surface area contributed by atoms with E-state index in [9.17, 15) is 14.4 Å². The van der Waals surface area contributed by atoms with E-state index in [0.29, 0.717) is 33.8 Å². The largest absolute Gasteiger partial charge is 0.493 e. The number of nitrogens with one attached hydrogen (secondary N) is 1. The van der Waals surface area contributed by atoms with Crippen molar-refractivity contribution in [2.24, 2.45) is 0 Å². The molecule has 0 aliphatic rings. The van der Waals surface area contributed by atoms with Crippen LogP contribution in [0.3, 0.4) is 0 Å². The van der Waals surface area contributed by atoms with E-state index in [-0.39, 0.29) is 18.7 Å². The molecule has 0 aliphatic carbocycles. The summed E-state index contributed by atoms with van der Waals surface area (Å²) in [5, 5.41) is 3.18. The molecule has 0 atom stereocenters. The summed E-state index contributed by atoms with van der Waals surface area (Å²) in [7, 11) is 4.33. The number of hydrogen-bond donors (Lipinski definition) is 1. The number of rotatable bonds is 8. The number of hydrogen-bond acceptors (Lipinski definition) is 8. The predicted octanol–water partition coefficient (Wildman–Crippen LogP) is 2.91. The summed E-state index contributed by atoms with van der Waals surface area (Å²) in [6.45, 7) is 3.35. The summed E-state index contributed by atoms with van der Waals surface area (Å²) in [5.74, 6) is -0.222. The molecule has 0 saturated carbocycles. The second-order valence-corrected chi connectivity index (χ2v) is 7.28. The molecule has 33 heavy (non-hydrogen) atoms. The number of carbonyl (C=O) groups excluding carboxylic acids is 2. The van der Waals surface area contributed by atoms with Crippen LogP contribution in [0.5, 0.6) is 17.2 Å². The minimum Gasteiger partial charge on any atom is -0.493 e. The lowest BCUT2D eigenvalue weighted by molar-refractivity contribution is -0.143. The lowest BCUT2D eigenvalue weighted by Crippen LogP contribution is -2.30. The number of aryl methyl sites for hydroxylation is 2. The highest BCUT2D eigenvalue weighted by atomic mass is 16.5. The zero-order chi connectivity index (χ0) is 24.1. The Balaban J connectivity index is 1.68. The molecule has 174 valence electrons. The minimum atomic E-state index is -0.666. The van der Waals surface area contributed by atoms with Crippen molar-refractivity contribution in [2.45, 2.75) is 20.5 Å². The van der Waals surface area contributed by atoms with Crippen LogP contribution in [0.4, 0.5) is 0 Å². The molecule has 0 saturated heterocycles. The summed E-state index contributed by atoms with van der Waals surface area (Å²) in [4.78, 5) is 36.6. The molecule has 3 aromatic rings. The fourth-order valence-corrected chi connectivity index (χ4v) is 3.28. The van der Waals surface area contributed by atoms with Crippen molar-refractivity contribution in [1.82, 2.24) is 5.32 Å². The average molecular weight is 455 g/mol. The van der Waals surface area contributed by atoms with E-state index in [0.717, 1.165) is 11.1 Å². The fraction of sp³-hybridized carbons (Fsp3) is 0.292. The van der Waals surface area contributed by atoms with Crippen LogP contribution >= 0.6 is 0 Å². The van der Waals surface area contributed by atoms with Crippen LogP contribution in [0.15, 0.2) is 39.5 Å². The zero-order valence-electron chi connectivity index (χ0n) is 19.1. The van der Waals surface area contributed by atoms with Crippen molar-refractivity contribution in [3.63, 3.8) is 0 Å². The highest BCUT2D eigenvalue weighted by molar-refractivity contribution is 5.97. The van der Waals surface area contributed by atoms with Crippen LogP contribution in [0.25, 0.3) is 11.0 Å². The first-order chi connectivity index (χ1) is 15.8. The molecule has 1 N–H and O–H groups in total. The number of carbonyl (C=O) groups is 2. The average Bonchev–Trinajstić information content (AvgIpc) is 2.80. The number of benzene rings is 2. The summed E-state index contributed by atoms with van der Waals surface area (Å²) < 4.78 is 26.2. The molecule has 0 unspecified atom stereocenters. The van der Waals surface area contributed by atoms with Crippen molar-refractivity contribution in [1.29, 1.82) is 0 Å². The van der Waals surface area contributed by atoms with Gasteiger partial charge in [0.1, 0.15) is 18.7 Å². The second-order valence-electron chi connectivity index (χ2n) is 7.28. The van der Waals surface area contributed by atoms with Crippen molar-refractivity contribution < 1.29 is 33.0 Å². The van der Waals surface area contributed by atoms with Gasteiger partial charge in [0.25, 0.3) is 5.91 Å². The van der Waals surface area contributed by atoms with Crippen molar-refractivity contribution in [2.75, 3.05) is 27.9 Å². The molecule has 9 heteroatoms. The van der Waals surface area contributed by atoms with Crippen LogP contribution in [0, 0.1) is 13.8 Å². The first-order valence-corrected chi connectivity index (χ1v) is 10.0. The maximum Gasteiger partial charge on any atom is 0.336 e. The van der Waals surface area contributed by atoms with E-state index in [1.807, 2.05) is 19.9 Å². The Bertz CT molecular complexity index is 1240. The maximum atomic E-state index is 12.5. The van der Waals surface area contributed by atoms with E-state index in [1.165, 1.54) is 39.5 Å². The van der Waals surface area contributed by atoms with Gasteiger partial charge in [0.05, 0.1) is 21.3 Å². The molecule has 0 bridgehead atoms. The highest BCUT2D eigenvalue weighted by Crippen LogP contribution is 2.38. The van der Waals surface area contributed by atoms with Gasteiger partial charge in [0.2, 0.25) is 5.75 Å². The predicted molar refractivity (Wildman–Crippen MR) is 120 cm³/mol. The van der Waals surface area contributed by atoms with Crippen molar-refractivity contribution in [3.05, 3.63) is 63.0 Å². The molecular weight excluding hydrogens is 430 g/mol. The normalized spacial score (nSPS) is 10.6. The Morgan fingerprint density at radius 3 is 2.15 bits per heavy atom. The van der Waals surface area contributed by atoms with Gasteiger partial charge in [-0.3, -0.25) is 9.59 Å².